The van der Waals surface area contributed by atoms with E-state index in [0.717, 1.165) is 19.3 Å². The van der Waals surface area contributed by atoms with Crippen molar-refractivity contribution in [3.8, 4) is 0 Å². The van der Waals surface area contributed by atoms with Crippen molar-refractivity contribution in [2.45, 2.75) is 32.1 Å². The second-order valence-electron chi connectivity index (χ2n) is 6.19. The highest BCUT2D eigenvalue weighted by Crippen LogP contribution is 2.21. The van der Waals surface area contributed by atoms with Crippen LogP contribution in [0.2, 0.25) is 0 Å². The molecule has 0 bridgehead atoms. The molecule has 0 aromatic carbocycles. The van der Waals surface area contributed by atoms with Gasteiger partial charge in [-0.2, -0.15) is 0 Å². The van der Waals surface area contributed by atoms with Gasteiger partial charge in [-0.1, -0.05) is 12.2 Å². The summed E-state index contributed by atoms with van der Waals surface area (Å²) in [6.45, 7) is 0.866. The number of carboxylic acids is 1. The molecule has 2 amide bonds. The summed E-state index contributed by atoms with van der Waals surface area (Å²) in [7, 11) is 1.65. The minimum absolute atomic E-state index is 0.00416. The van der Waals surface area contributed by atoms with Crippen molar-refractivity contribution in [3.05, 3.63) is 12.2 Å². The van der Waals surface area contributed by atoms with Crippen molar-refractivity contribution >= 4 is 17.8 Å². The quantitative estimate of drug-likeness (QED) is 0.790. The van der Waals surface area contributed by atoms with Gasteiger partial charge >= 0.3 is 5.97 Å². The van der Waals surface area contributed by atoms with Crippen LogP contribution in [0.5, 0.6) is 0 Å². The van der Waals surface area contributed by atoms with E-state index >= 15 is 0 Å². The van der Waals surface area contributed by atoms with Gasteiger partial charge in [-0.3, -0.25) is 14.4 Å². The highest BCUT2D eigenvalue weighted by molar-refractivity contribution is 5.86. The fraction of sp³-hybridized carbons (Fsp3) is 0.688. The number of carboxylic acid groups (broad SMARTS) is 1. The largest absolute Gasteiger partial charge is 0.481 e. The molecule has 22 heavy (non-hydrogen) atoms. The topological polar surface area (TPSA) is 77.9 Å². The molecule has 2 aliphatic rings. The molecular weight excluding hydrogens is 284 g/mol. The first-order valence-electron chi connectivity index (χ1n) is 7.89. The second kappa shape index (κ2) is 7.42. The Kier molecular flexibility index (Phi) is 5.57. The van der Waals surface area contributed by atoms with Crippen LogP contribution in [0.4, 0.5) is 0 Å². The maximum absolute atomic E-state index is 12.3. The summed E-state index contributed by atoms with van der Waals surface area (Å²) in [5, 5.41) is 9.07. The van der Waals surface area contributed by atoms with Crippen molar-refractivity contribution in [2.24, 2.45) is 11.8 Å². The molecule has 0 saturated carbocycles. The molecule has 1 heterocycles. The number of aliphatic carboxylic acids is 1. The molecule has 1 N–H and O–H groups in total. The molecule has 0 aromatic heterocycles. The first-order chi connectivity index (χ1) is 10.5. The van der Waals surface area contributed by atoms with E-state index in [9.17, 15) is 14.4 Å². The summed E-state index contributed by atoms with van der Waals surface area (Å²) in [4.78, 5) is 38.7. The minimum atomic E-state index is -0.851. The molecule has 1 aliphatic heterocycles. The number of likely N-dealkylation sites (tertiary alicyclic amines) is 1. The third kappa shape index (κ3) is 4.08. The monoisotopic (exact) mass is 308 g/mol. The molecular formula is C16H24N2O4. The van der Waals surface area contributed by atoms with Crippen LogP contribution in [-0.2, 0) is 14.4 Å². The number of hydrogen-bond acceptors (Lipinski definition) is 3. The van der Waals surface area contributed by atoms with Gasteiger partial charge in [0.1, 0.15) is 0 Å². The minimum Gasteiger partial charge on any atom is -0.481 e. The second-order valence-corrected chi connectivity index (χ2v) is 6.19. The number of rotatable bonds is 4. The van der Waals surface area contributed by atoms with Crippen LogP contribution >= 0.6 is 0 Å². The Morgan fingerprint density at radius 3 is 2.64 bits per heavy atom. The third-order valence-electron chi connectivity index (χ3n) is 4.49. The fourth-order valence-corrected chi connectivity index (χ4v) is 3.12. The van der Waals surface area contributed by atoms with E-state index in [2.05, 4.69) is 6.08 Å². The van der Waals surface area contributed by atoms with Crippen LogP contribution in [0.15, 0.2) is 12.2 Å². The van der Waals surface area contributed by atoms with E-state index < -0.39 is 11.9 Å². The van der Waals surface area contributed by atoms with Crippen molar-refractivity contribution in [3.63, 3.8) is 0 Å². The lowest BCUT2D eigenvalue weighted by Gasteiger charge is -2.32. The van der Waals surface area contributed by atoms with Gasteiger partial charge in [0.05, 0.1) is 12.5 Å². The maximum Gasteiger partial charge on any atom is 0.308 e. The highest BCUT2D eigenvalue weighted by Gasteiger charge is 2.30. The van der Waals surface area contributed by atoms with Crippen LogP contribution < -0.4 is 0 Å². The summed E-state index contributed by atoms with van der Waals surface area (Å²) in [5.74, 6) is -1.52. The zero-order chi connectivity index (χ0) is 16.1. The van der Waals surface area contributed by atoms with Gasteiger partial charge in [-0.05, 0) is 32.1 Å². The SMILES string of the molecule is CN(CC(=O)N1CCCC(C(=O)O)C1)C(=O)C1CC=CCC1. The standard InChI is InChI=1S/C16H24N2O4/c1-17(15(20)12-6-3-2-4-7-12)11-14(19)18-9-5-8-13(10-18)16(21)22/h2-3,12-13H,4-11H2,1H3,(H,21,22). The smallest absolute Gasteiger partial charge is 0.308 e. The lowest BCUT2D eigenvalue weighted by atomic mass is 9.93. The summed E-state index contributed by atoms with van der Waals surface area (Å²) < 4.78 is 0. The van der Waals surface area contributed by atoms with Crippen LogP contribution in [0, 0.1) is 11.8 Å². The number of likely N-dealkylation sites (N-methyl/N-ethyl adjacent to an activating group) is 1. The third-order valence-corrected chi connectivity index (χ3v) is 4.49. The highest BCUT2D eigenvalue weighted by atomic mass is 16.4. The lowest BCUT2D eigenvalue weighted by molar-refractivity contribution is -0.148. The number of carbonyl (C=O) groups excluding carboxylic acids is 2. The lowest BCUT2D eigenvalue weighted by Crippen LogP contribution is -2.47. The Morgan fingerprint density at radius 1 is 1.23 bits per heavy atom. The zero-order valence-corrected chi connectivity index (χ0v) is 13.0. The maximum atomic E-state index is 12.3. The Labute approximate surface area is 130 Å². The van der Waals surface area contributed by atoms with Gasteiger partial charge in [-0.15, -0.1) is 0 Å². The van der Waals surface area contributed by atoms with E-state index in [1.807, 2.05) is 6.08 Å². The van der Waals surface area contributed by atoms with Crippen molar-refractivity contribution in [2.75, 3.05) is 26.7 Å². The molecule has 2 unspecified atom stereocenters. The molecule has 1 saturated heterocycles. The van der Waals surface area contributed by atoms with Crippen molar-refractivity contribution in [1.29, 1.82) is 0 Å². The predicted molar refractivity (Wildman–Crippen MR) is 81.1 cm³/mol. The molecule has 2 rings (SSSR count). The summed E-state index contributed by atoms with van der Waals surface area (Å²) in [5.41, 5.74) is 0. The molecule has 122 valence electrons. The van der Waals surface area contributed by atoms with Gasteiger partial charge in [-0.25, -0.2) is 0 Å². The molecule has 0 spiro atoms. The molecule has 6 heteroatoms. The molecule has 2 atom stereocenters. The number of hydrogen-bond donors (Lipinski definition) is 1. The average molecular weight is 308 g/mol. The van der Waals surface area contributed by atoms with Crippen LogP contribution in [0.3, 0.4) is 0 Å². The van der Waals surface area contributed by atoms with E-state index in [1.165, 1.54) is 4.90 Å². The molecule has 0 radical (unpaired) electrons. The Hall–Kier alpha value is -1.85. The number of allylic oxidation sites excluding steroid dienone is 2. The normalized spacial score (nSPS) is 24.9. The van der Waals surface area contributed by atoms with Gasteiger partial charge in [0.25, 0.3) is 0 Å². The number of amides is 2. The molecule has 1 aliphatic carbocycles. The van der Waals surface area contributed by atoms with Gasteiger partial charge in [0.15, 0.2) is 0 Å². The average Bonchev–Trinajstić information content (AvgIpc) is 2.54. The van der Waals surface area contributed by atoms with Crippen LogP contribution in [0.25, 0.3) is 0 Å². The Morgan fingerprint density at radius 2 is 2.00 bits per heavy atom. The fourth-order valence-electron chi connectivity index (χ4n) is 3.12. The first-order valence-corrected chi connectivity index (χ1v) is 7.89. The van der Waals surface area contributed by atoms with Crippen LogP contribution in [0.1, 0.15) is 32.1 Å². The molecule has 6 nitrogen and oxygen atoms in total. The number of nitrogens with zero attached hydrogens (tertiary/aromatic N) is 2. The summed E-state index contributed by atoms with van der Waals surface area (Å²) >= 11 is 0. The van der Waals surface area contributed by atoms with Crippen molar-refractivity contribution < 1.29 is 19.5 Å². The first kappa shape index (κ1) is 16.5. The van der Waals surface area contributed by atoms with E-state index in [4.69, 9.17) is 5.11 Å². The van der Waals surface area contributed by atoms with E-state index in [0.29, 0.717) is 19.4 Å². The summed E-state index contributed by atoms with van der Waals surface area (Å²) in [6.07, 6.45) is 7.89. The Bertz CT molecular complexity index is 475. The molecule has 1 fully saturated rings. The predicted octanol–water partition coefficient (Wildman–Crippen LogP) is 1.12. The number of piperidine rings is 1. The number of carbonyl (C=O) groups is 3. The van der Waals surface area contributed by atoms with Gasteiger partial charge in [0, 0.05) is 26.1 Å². The summed E-state index contributed by atoms with van der Waals surface area (Å²) in [6, 6.07) is 0. The van der Waals surface area contributed by atoms with Gasteiger partial charge in [0.2, 0.25) is 11.8 Å². The van der Waals surface area contributed by atoms with E-state index in [-0.39, 0.29) is 30.8 Å². The Balaban J connectivity index is 1.86. The molecule has 0 aromatic rings. The zero-order valence-electron chi connectivity index (χ0n) is 13.0. The van der Waals surface area contributed by atoms with Crippen LogP contribution in [-0.4, -0.2) is 59.4 Å². The van der Waals surface area contributed by atoms with E-state index in [1.54, 1.807) is 11.9 Å². The van der Waals surface area contributed by atoms with Gasteiger partial charge < -0.3 is 14.9 Å². The van der Waals surface area contributed by atoms with Crippen molar-refractivity contribution in [1.82, 2.24) is 9.80 Å².